The van der Waals surface area contributed by atoms with Gasteiger partial charge in [0.05, 0.1) is 0 Å². The van der Waals surface area contributed by atoms with Crippen molar-refractivity contribution in [3.05, 3.63) is 35.9 Å². The largest absolute Gasteiger partial charge is 0.480 e. The van der Waals surface area contributed by atoms with Crippen molar-refractivity contribution >= 4 is 11.9 Å². The van der Waals surface area contributed by atoms with Crippen LogP contribution in [0.3, 0.4) is 0 Å². The highest BCUT2D eigenvalue weighted by Gasteiger charge is 2.18. The molecule has 1 aromatic rings. The van der Waals surface area contributed by atoms with Crippen molar-refractivity contribution < 1.29 is 14.7 Å². The summed E-state index contributed by atoms with van der Waals surface area (Å²) in [5.74, 6) is -1.18. The molecule has 0 fully saturated rings. The average molecular weight is 249 g/mol. The van der Waals surface area contributed by atoms with Crippen LogP contribution in [0.1, 0.15) is 31.7 Å². The van der Waals surface area contributed by atoms with Crippen LogP contribution >= 0.6 is 0 Å². The van der Waals surface area contributed by atoms with E-state index in [1.807, 2.05) is 37.3 Å². The molecule has 4 nitrogen and oxygen atoms in total. The number of aliphatic carboxylic acids is 1. The normalized spacial score (nSPS) is 11.8. The summed E-state index contributed by atoms with van der Waals surface area (Å²) >= 11 is 0. The van der Waals surface area contributed by atoms with Crippen molar-refractivity contribution in [2.24, 2.45) is 0 Å². The fourth-order valence-corrected chi connectivity index (χ4v) is 1.72. The molecule has 0 spiro atoms. The van der Waals surface area contributed by atoms with Crippen LogP contribution in [-0.4, -0.2) is 23.0 Å². The predicted molar refractivity (Wildman–Crippen MR) is 69.2 cm³/mol. The summed E-state index contributed by atoms with van der Waals surface area (Å²) in [6.07, 6.45) is 2.14. The first kappa shape index (κ1) is 14.2. The minimum atomic E-state index is -0.968. The second kappa shape index (κ2) is 7.48. The van der Waals surface area contributed by atoms with Crippen LogP contribution in [0.15, 0.2) is 30.3 Å². The predicted octanol–water partition coefficient (Wildman–Crippen LogP) is 1.99. The van der Waals surface area contributed by atoms with Crippen LogP contribution in [0, 0.1) is 0 Å². The van der Waals surface area contributed by atoms with Crippen LogP contribution < -0.4 is 5.32 Å². The SMILES string of the molecule is CCC[C@H](NC(=O)CCc1ccccc1)C(=O)O. The van der Waals surface area contributed by atoms with Gasteiger partial charge in [0.15, 0.2) is 0 Å². The molecule has 1 atom stereocenters. The Morgan fingerprint density at radius 3 is 2.50 bits per heavy atom. The molecule has 0 bridgehead atoms. The third kappa shape index (κ3) is 4.99. The van der Waals surface area contributed by atoms with Crippen LogP contribution in [0.4, 0.5) is 0 Å². The molecule has 0 aliphatic carbocycles. The second-order valence-corrected chi connectivity index (χ2v) is 4.23. The van der Waals surface area contributed by atoms with E-state index in [0.717, 1.165) is 12.0 Å². The summed E-state index contributed by atoms with van der Waals surface area (Å²) in [5.41, 5.74) is 1.08. The van der Waals surface area contributed by atoms with Gasteiger partial charge in [0.1, 0.15) is 6.04 Å². The average Bonchev–Trinajstić information content (AvgIpc) is 2.37. The van der Waals surface area contributed by atoms with E-state index >= 15 is 0 Å². The lowest BCUT2D eigenvalue weighted by Gasteiger charge is -2.13. The number of hydrogen-bond acceptors (Lipinski definition) is 2. The zero-order valence-corrected chi connectivity index (χ0v) is 10.6. The van der Waals surface area contributed by atoms with E-state index < -0.39 is 12.0 Å². The maximum atomic E-state index is 11.6. The monoisotopic (exact) mass is 249 g/mol. The highest BCUT2D eigenvalue weighted by atomic mass is 16.4. The van der Waals surface area contributed by atoms with E-state index in [4.69, 9.17) is 5.11 Å². The van der Waals surface area contributed by atoms with E-state index in [0.29, 0.717) is 19.3 Å². The van der Waals surface area contributed by atoms with Gasteiger partial charge in [0.2, 0.25) is 5.91 Å². The van der Waals surface area contributed by atoms with Gasteiger partial charge in [-0.1, -0.05) is 43.7 Å². The van der Waals surface area contributed by atoms with Crippen molar-refractivity contribution in [2.45, 2.75) is 38.6 Å². The maximum Gasteiger partial charge on any atom is 0.326 e. The molecule has 98 valence electrons. The van der Waals surface area contributed by atoms with E-state index in [1.165, 1.54) is 0 Å². The van der Waals surface area contributed by atoms with Crippen LogP contribution in [0.2, 0.25) is 0 Å². The summed E-state index contributed by atoms with van der Waals surface area (Å²) in [6.45, 7) is 1.89. The number of hydrogen-bond donors (Lipinski definition) is 2. The van der Waals surface area contributed by atoms with E-state index in [2.05, 4.69) is 5.32 Å². The highest BCUT2D eigenvalue weighted by molar-refractivity contribution is 5.83. The van der Waals surface area contributed by atoms with Gasteiger partial charge in [0.25, 0.3) is 0 Å². The summed E-state index contributed by atoms with van der Waals surface area (Å²) in [7, 11) is 0. The van der Waals surface area contributed by atoms with E-state index in [9.17, 15) is 9.59 Å². The second-order valence-electron chi connectivity index (χ2n) is 4.23. The summed E-state index contributed by atoms with van der Waals surface area (Å²) in [5, 5.41) is 11.5. The first-order valence-electron chi connectivity index (χ1n) is 6.19. The van der Waals surface area contributed by atoms with Gasteiger partial charge in [0, 0.05) is 6.42 Å². The number of aryl methyl sites for hydroxylation is 1. The molecule has 0 aliphatic heterocycles. The molecule has 18 heavy (non-hydrogen) atoms. The van der Waals surface area contributed by atoms with Gasteiger partial charge in [-0.15, -0.1) is 0 Å². The Bertz CT molecular complexity index is 389. The standard InChI is InChI=1S/C14H19NO3/c1-2-6-12(14(17)18)15-13(16)10-9-11-7-4-3-5-8-11/h3-5,7-8,12H,2,6,9-10H2,1H3,(H,15,16)(H,17,18)/t12-/m0/s1. The van der Waals surface area contributed by atoms with Gasteiger partial charge < -0.3 is 10.4 Å². The Balaban J connectivity index is 2.39. The number of carbonyl (C=O) groups excluding carboxylic acids is 1. The van der Waals surface area contributed by atoms with Gasteiger partial charge >= 0.3 is 5.97 Å². The molecule has 0 saturated carbocycles. The van der Waals surface area contributed by atoms with Crippen LogP contribution in [-0.2, 0) is 16.0 Å². The van der Waals surface area contributed by atoms with Crippen molar-refractivity contribution in [1.29, 1.82) is 0 Å². The summed E-state index contributed by atoms with van der Waals surface area (Å²) in [6, 6.07) is 8.90. The lowest BCUT2D eigenvalue weighted by Crippen LogP contribution is -2.40. The smallest absolute Gasteiger partial charge is 0.326 e. The van der Waals surface area contributed by atoms with E-state index in [-0.39, 0.29) is 5.91 Å². The van der Waals surface area contributed by atoms with E-state index in [1.54, 1.807) is 0 Å². The third-order valence-electron chi connectivity index (χ3n) is 2.69. The zero-order valence-electron chi connectivity index (χ0n) is 10.6. The first-order valence-corrected chi connectivity index (χ1v) is 6.19. The fourth-order valence-electron chi connectivity index (χ4n) is 1.72. The Labute approximate surface area is 107 Å². The summed E-state index contributed by atoms with van der Waals surface area (Å²) < 4.78 is 0. The molecular formula is C14H19NO3. The molecule has 0 saturated heterocycles. The van der Waals surface area contributed by atoms with Gasteiger partial charge in [-0.3, -0.25) is 4.79 Å². The molecule has 1 aromatic carbocycles. The van der Waals surface area contributed by atoms with Gasteiger partial charge in [-0.2, -0.15) is 0 Å². The first-order chi connectivity index (χ1) is 8.63. The molecule has 0 unspecified atom stereocenters. The number of carboxylic acids is 1. The fraction of sp³-hybridized carbons (Fsp3) is 0.429. The molecule has 0 aliphatic rings. The maximum absolute atomic E-state index is 11.6. The van der Waals surface area contributed by atoms with Crippen molar-refractivity contribution in [2.75, 3.05) is 0 Å². The molecule has 0 heterocycles. The molecule has 0 aromatic heterocycles. The molecule has 2 N–H and O–H groups in total. The number of amides is 1. The van der Waals surface area contributed by atoms with Crippen molar-refractivity contribution in [3.63, 3.8) is 0 Å². The minimum absolute atomic E-state index is 0.209. The lowest BCUT2D eigenvalue weighted by atomic mass is 10.1. The third-order valence-corrected chi connectivity index (χ3v) is 2.69. The van der Waals surface area contributed by atoms with Crippen molar-refractivity contribution in [1.82, 2.24) is 5.32 Å². The number of rotatable bonds is 7. The Kier molecular flexibility index (Phi) is 5.91. The molecular weight excluding hydrogens is 230 g/mol. The number of carbonyl (C=O) groups is 2. The zero-order chi connectivity index (χ0) is 13.4. The molecule has 1 amide bonds. The Morgan fingerprint density at radius 2 is 1.94 bits per heavy atom. The topological polar surface area (TPSA) is 66.4 Å². The minimum Gasteiger partial charge on any atom is -0.480 e. The number of nitrogens with one attached hydrogen (secondary N) is 1. The number of benzene rings is 1. The van der Waals surface area contributed by atoms with Crippen LogP contribution in [0.5, 0.6) is 0 Å². The Hall–Kier alpha value is -1.84. The highest BCUT2D eigenvalue weighted by Crippen LogP contribution is 2.03. The molecule has 4 heteroatoms. The molecule has 0 radical (unpaired) electrons. The lowest BCUT2D eigenvalue weighted by molar-refractivity contribution is -0.142. The van der Waals surface area contributed by atoms with Crippen LogP contribution in [0.25, 0.3) is 0 Å². The van der Waals surface area contributed by atoms with Gasteiger partial charge in [-0.05, 0) is 18.4 Å². The van der Waals surface area contributed by atoms with Crippen molar-refractivity contribution in [3.8, 4) is 0 Å². The Morgan fingerprint density at radius 1 is 1.28 bits per heavy atom. The molecule has 1 rings (SSSR count). The quantitative estimate of drug-likeness (QED) is 0.776. The summed E-state index contributed by atoms with van der Waals surface area (Å²) in [4.78, 5) is 22.5. The number of carboxylic acid groups (broad SMARTS) is 1. The van der Waals surface area contributed by atoms with Gasteiger partial charge in [-0.25, -0.2) is 4.79 Å².